The number of hydrogen-bond donors (Lipinski definition) is 3. The van der Waals surface area contributed by atoms with Crippen LogP contribution in [0.2, 0.25) is 0 Å². The largest absolute Gasteiger partial charge is 0.412 e. The van der Waals surface area contributed by atoms with Crippen molar-refractivity contribution in [1.29, 1.82) is 0 Å². The molecule has 0 atom stereocenters. The van der Waals surface area contributed by atoms with E-state index in [0.29, 0.717) is 0 Å². The van der Waals surface area contributed by atoms with Crippen LogP contribution in [0.1, 0.15) is 62.3 Å². The summed E-state index contributed by atoms with van der Waals surface area (Å²) >= 11 is 0. The molecule has 18 heavy (non-hydrogen) atoms. The summed E-state index contributed by atoms with van der Waals surface area (Å²) in [6.07, 6.45) is 0. The van der Waals surface area contributed by atoms with Crippen molar-refractivity contribution in [2.45, 2.75) is 79.1 Å². The predicted molar refractivity (Wildman–Crippen MR) is 85.2 cm³/mol. The van der Waals surface area contributed by atoms with Crippen molar-refractivity contribution in [3.8, 4) is 0 Å². The van der Waals surface area contributed by atoms with Gasteiger partial charge in [0, 0.05) is 18.9 Å². The average Bonchev–Trinajstić information content (AvgIpc) is 1.41. The van der Waals surface area contributed by atoms with Gasteiger partial charge in [0.1, 0.15) is 0 Å². The third-order valence-corrected chi connectivity index (χ3v) is 0. The van der Waals surface area contributed by atoms with Gasteiger partial charge in [-0.3, -0.25) is 0 Å². The molecule has 0 fully saturated rings. The zero-order chi connectivity index (χ0) is 13.5. The van der Waals surface area contributed by atoms with Gasteiger partial charge in [0.15, 0.2) is 17.4 Å². The molecule has 0 aliphatic carbocycles. The normalized spacial score (nSPS) is 10.0. The SMILES string of the molecule is CC(C)(C)O.CC(C)(C)O.CC(C)(C)O.O.[AlH3].[Li]. The smallest absolute Gasteiger partial charge is 0.187 e. The summed E-state index contributed by atoms with van der Waals surface area (Å²) in [5, 5.41) is 25.6. The first-order valence-electron chi connectivity index (χ1n) is 5.17. The maximum Gasteiger partial charge on any atom is 0.187 e. The van der Waals surface area contributed by atoms with Crippen LogP contribution in [-0.4, -0.2) is 73.8 Å². The van der Waals surface area contributed by atoms with Crippen LogP contribution in [0.3, 0.4) is 0 Å². The Bertz CT molecular complexity index is 99.1. The van der Waals surface area contributed by atoms with E-state index in [2.05, 4.69) is 0 Å². The fourth-order valence-corrected chi connectivity index (χ4v) is 0. The Morgan fingerprint density at radius 2 is 0.500 bits per heavy atom. The van der Waals surface area contributed by atoms with E-state index in [1.807, 2.05) is 0 Å². The van der Waals surface area contributed by atoms with Crippen molar-refractivity contribution in [1.82, 2.24) is 0 Å². The zero-order valence-electron chi connectivity index (χ0n) is 13.3. The molecule has 0 spiro atoms. The number of hydrogen-bond acceptors (Lipinski definition) is 3. The van der Waals surface area contributed by atoms with Crippen LogP contribution in [0.5, 0.6) is 0 Å². The van der Waals surface area contributed by atoms with Gasteiger partial charge in [0.25, 0.3) is 0 Å². The quantitative estimate of drug-likeness (QED) is 0.542. The average molecular weight is 277 g/mol. The Kier molecular flexibility index (Phi) is 29.1. The molecule has 0 saturated heterocycles. The van der Waals surface area contributed by atoms with E-state index in [-0.39, 0.29) is 41.7 Å². The second-order valence-electron chi connectivity index (χ2n) is 6.51. The summed E-state index contributed by atoms with van der Waals surface area (Å²) in [6.45, 7) is 15.7. The maximum atomic E-state index is 8.52. The van der Waals surface area contributed by atoms with Gasteiger partial charge in [-0.1, -0.05) is 0 Å². The number of aliphatic hydroxyl groups is 3. The van der Waals surface area contributed by atoms with Crippen molar-refractivity contribution in [2.75, 3.05) is 0 Å². The van der Waals surface area contributed by atoms with Gasteiger partial charge in [-0.2, -0.15) is 0 Å². The van der Waals surface area contributed by atoms with Crippen molar-refractivity contribution in [3.05, 3.63) is 0 Å². The van der Waals surface area contributed by atoms with Gasteiger partial charge >= 0.3 is 0 Å². The molecular weight excluding hydrogens is 242 g/mol. The summed E-state index contributed by atoms with van der Waals surface area (Å²) in [4.78, 5) is 0. The Labute approximate surface area is 136 Å². The van der Waals surface area contributed by atoms with Crippen LogP contribution in [0.4, 0.5) is 0 Å². The van der Waals surface area contributed by atoms with Crippen molar-refractivity contribution in [2.24, 2.45) is 0 Å². The zero-order valence-corrected chi connectivity index (χ0v) is 13.3. The van der Waals surface area contributed by atoms with Crippen LogP contribution >= 0.6 is 0 Å². The van der Waals surface area contributed by atoms with Crippen LogP contribution in [0, 0.1) is 0 Å². The number of rotatable bonds is 0. The van der Waals surface area contributed by atoms with Gasteiger partial charge < -0.3 is 20.8 Å². The Balaban J connectivity index is -0.0000000277. The predicted octanol–water partition coefficient (Wildman–Crippen LogP) is -0.0578. The summed E-state index contributed by atoms with van der Waals surface area (Å²) in [5.41, 5.74) is -1.50. The molecule has 0 heterocycles. The first kappa shape index (κ1) is 36.4. The van der Waals surface area contributed by atoms with Crippen LogP contribution in [-0.2, 0) is 0 Å². The fourth-order valence-electron chi connectivity index (χ4n) is 0. The standard InChI is InChI=1S/3C4H10O.Al.Li.H2O.3H/c3*1-4(2,3)5;;;;;;/h3*5H,1-3H3;;;1H2;;;. The fraction of sp³-hybridized carbons (Fsp3) is 1.00. The molecule has 4 nitrogen and oxygen atoms in total. The monoisotopic (exact) mass is 277 g/mol. The maximum absolute atomic E-state index is 8.52. The van der Waals surface area contributed by atoms with Crippen LogP contribution in [0.25, 0.3) is 0 Å². The minimum absolute atomic E-state index is 0. The molecule has 0 saturated carbocycles. The molecule has 0 aliphatic rings. The van der Waals surface area contributed by atoms with Gasteiger partial charge in [-0.05, 0) is 62.3 Å². The van der Waals surface area contributed by atoms with E-state index >= 15 is 0 Å². The van der Waals surface area contributed by atoms with E-state index in [1.165, 1.54) is 0 Å². The van der Waals surface area contributed by atoms with Crippen molar-refractivity contribution >= 4 is 36.2 Å². The molecule has 0 aromatic rings. The molecule has 0 aliphatic heterocycles. The van der Waals surface area contributed by atoms with Gasteiger partial charge in [-0.15, -0.1) is 0 Å². The third kappa shape index (κ3) is 4600. The molecule has 0 aromatic heterocycles. The van der Waals surface area contributed by atoms with Gasteiger partial charge in [0.05, 0.1) is 16.8 Å². The summed E-state index contributed by atoms with van der Waals surface area (Å²) < 4.78 is 0. The van der Waals surface area contributed by atoms with Crippen molar-refractivity contribution in [3.63, 3.8) is 0 Å². The van der Waals surface area contributed by atoms with Crippen LogP contribution < -0.4 is 0 Å². The topological polar surface area (TPSA) is 92.2 Å². The summed E-state index contributed by atoms with van der Waals surface area (Å²) in [5.74, 6) is 0. The molecule has 0 aromatic carbocycles. The second kappa shape index (κ2) is 14.4. The summed E-state index contributed by atoms with van der Waals surface area (Å²) in [7, 11) is 0. The molecule has 0 rings (SSSR count). The molecule has 5 N–H and O–H groups in total. The molecule has 0 bridgehead atoms. The second-order valence-corrected chi connectivity index (χ2v) is 6.51. The first-order valence-corrected chi connectivity index (χ1v) is 5.17. The van der Waals surface area contributed by atoms with E-state index in [0.717, 1.165) is 0 Å². The van der Waals surface area contributed by atoms with Crippen molar-refractivity contribution < 1.29 is 20.8 Å². The Hall–Kier alpha value is 0.970. The van der Waals surface area contributed by atoms with Gasteiger partial charge in [0.2, 0.25) is 0 Å². The molecule has 0 amide bonds. The molecule has 6 heteroatoms. The van der Waals surface area contributed by atoms with E-state index < -0.39 is 16.8 Å². The Morgan fingerprint density at radius 1 is 0.500 bits per heavy atom. The van der Waals surface area contributed by atoms with Crippen LogP contribution in [0.15, 0.2) is 0 Å². The molecule has 1 radical (unpaired) electrons. The molecule has 0 unspecified atom stereocenters. The third-order valence-electron chi connectivity index (χ3n) is 0. The molecular formula is C12H35AlLiO4. The minimum atomic E-state index is -0.500. The summed E-state index contributed by atoms with van der Waals surface area (Å²) in [6, 6.07) is 0. The molecule has 111 valence electrons. The van der Waals surface area contributed by atoms with E-state index in [1.54, 1.807) is 62.3 Å². The first-order chi connectivity index (χ1) is 6.00. The Morgan fingerprint density at radius 3 is 0.500 bits per heavy atom. The minimum Gasteiger partial charge on any atom is -0.412 e. The van der Waals surface area contributed by atoms with Gasteiger partial charge in [-0.25, -0.2) is 0 Å². The van der Waals surface area contributed by atoms with E-state index in [4.69, 9.17) is 15.3 Å². The van der Waals surface area contributed by atoms with E-state index in [9.17, 15) is 0 Å².